The van der Waals surface area contributed by atoms with Crippen molar-refractivity contribution in [2.24, 2.45) is 0 Å². The van der Waals surface area contributed by atoms with Crippen LogP contribution in [0.4, 0.5) is 10.3 Å². The molecule has 88 valence electrons. The second kappa shape index (κ2) is 5.07. The predicted octanol–water partition coefficient (Wildman–Crippen LogP) is 1.22. The molecule has 0 amide bonds. The highest BCUT2D eigenvalue weighted by Gasteiger charge is 2.15. The van der Waals surface area contributed by atoms with Gasteiger partial charge in [0.25, 0.3) is 5.88 Å². The molecule has 0 saturated carbocycles. The molecule has 0 aliphatic carbocycles. The third-order valence-corrected chi connectivity index (χ3v) is 2.42. The largest absolute Gasteiger partial charge is 0.479 e. The Hall–Kier alpha value is -1.43. The van der Waals surface area contributed by atoms with Crippen LogP contribution >= 0.6 is 0 Å². The SMILES string of the molecule is COc1nc(NC[C@@H]2CCCO2)ncc1F. The Kier molecular flexibility index (Phi) is 3.51. The molecule has 2 rings (SSSR count). The molecule has 16 heavy (non-hydrogen) atoms. The first-order valence-corrected chi connectivity index (χ1v) is 5.21. The van der Waals surface area contributed by atoms with Crippen molar-refractivity contribution in [2.45, 2.75) is 18.9 Å². The molecular weight excluding hydrogens is 213 g/mol. The molecule has 6 heteroatoms. The number of nitrogens with one attached hydrogen (secondary N) is 1. The lowest BCUT2D eigenvalue weighted by molar-refractivity contribution is 0.120. The van der Waals surface area contributed by atoms with E-state index in [0.29, 0.717) is 12.5 Å². The minimum atomic E-state index is -0.565. The highest BCUT2D eigenvalue weighted by molar-refractivity contribution is 5.28. The first-order valence-electron chi connectivity index (χ1n) is 5.21. The van der Waals surface area contributed by atoms with Crippen molar-refractivity contribution in [3.8, 4) is 5.88 Å². The standard InChI is InChI=1S/C10H14FN3O2/c1-15-9-8(11)6-13-10(14-9)12-5-7-3-2-4-16-7/h6-7H,2-5H2,1H3,(H,12,13,14)/t7-/m0/s1. The zero-order valence-corrected chi connectivity index (χ0v) is 9.07. The summed E-state index contributed by atoms with van der Waals surface area (Å²) in [5.41, 5.74) is 0. The first-order chi connectivity index (χ1) is 7.79. The van der Waals surface area contributed by atoms with E-state index < -0.39 is 5.82 Å². The monoisotopic (exact) mass is 227 g/mol. The summed E-state index contributed by atoms with van der Waals surface area (Å²) in [5.74, 6) is -0.260. The molecule has 0 radical (unpaired) electrons. The Balaban J connectivity index is 1.93. The second-order valence-corrected chi connectivity index (χ2v) is 3.57. The summed E-state index contributed by atoms with van der Waals surface area (Å²) >= 11 is 0. The molecule has 1 saturated heterocycles. The van der Waals surface area contributed by atoms with Gasteiger partial charge in [-0.25, -0.2) is 4.98 Å². The van der Waals surface area contributed by atoms with Crippen molar-refractivity contribution in [2.75, 3.05) is 25.6 Å². The van der Waals surface area contributed by atoms with Crippen molar-refractivity contribution in [1.29, 1.82) is 0 Å². The maximum absolute atomic E-state index is 13.0. The smallest absolute Gasteiger partial charge is 0.255 e. The van der Waals surface area contributed by atoms with Crippen LogP contribution in [0.15, 0.2) is 6.20 Å². The average Bonchev–Trinajstić information content (AvgIpc) is 2.81. The number of nitrogens with zero attached hydrogens (tertiary/aromatic N) is 2. The van der Waals surface area contributed by atoms with Gasteiger partial charge in [0.05, 0.1) is 19.4 Å². The van der Waals surface area contributed by atoms with E-state index in [4.69, 9.17) is 9.47 Å². The van der Waals surface area contributed by atoms with E-state index in [9.17, 15) is 4.39 Å². The second-order valence-electron chi connectivity index (χ2n) is 3.57. The van der Waals surface area contributed by atoms with Crippen molar-refractivity contribution < 1.29 is 13.9 Å². The van der Waals surface area contributed by atoms with Gasteiger partial charge in [0.15, 0.2) is 0 Å². The van der Waals surface area contributed by atoms with E-state index in [1.807, 2.05) is 0 Å². The van der Waals surface area contributed by atoms with Gasteiger partial charge >= 0.3 is 0 Å². The van der Waals surface area contributed by atoms with Gasteiger partial charge in [0.1, 0.15) is 0 Å². The Morgan fingerprint density at radius 3 is 3.25 bits per heavy atom. The van der Waals surface area contributed by atoms with Crippen LogP contribution in [-0.2, 0) is 4.74 Å². The van der Waals surface area contributed by atoms with Crippen molar-refractivity contribution >= 4 is 5.95 Å². The summed E-state index contributed by atoms with van der Waals surface area (Å²) in [5, 5.41) is 2.99. The van der Waals surface area contributed by atoms with Gasteiger partial charge in [-0.05, 0) is 12.8 Å². The molecule has 0 aromatic carbocycles. The van der Waals surface area contributed by atoms with E-state index >= 15 is 0 Å². The number of hydrogen-bond donors (Lipinski definition) is 1. The number of ether oxygens (including phenoxy) is 2. The quantitative estimate of drug-likeness (QED) is 0.838. The van der Waals surface area contributed by atoms with Crippen molar-refractivity contribution in [1.82, 2.24) is 9.97 Å². The van der Waals surface area contributed by atoms with Crippen LogP contribution in [-0.4, -0.2) is 36.3 Å². The average molecular weight is 227 g/mol. The van der Waals surface area contributed by atoms with Crippen LogP contribution in [0.25, 0.3) is 0 Å². The van der Waals surface area contributed by atoms with Crippen LogP contribution in [0, 0.1) is 5.82 Å². The summed E-state index contributed by atoms with van der Waals surface area (Å²) in [7, 11) is 1.37. The normalized spacial score (nSPS) is 19.8. The van der Waals surface area contributed by atoms with Gasteiger partial charge in [-0.3, -0.25) is 0 Å². The van der Waals surface area contributed by atoms with Gasteiger partial charge in [-0.1, -0.05) is 0 Å². The number of aromatic nitrogens is 2. The molecular formula is C10H14FN3O2. The fourth-order valence-corrected chi connectivity index (χ4v) is 1.59. The lowest BCUT2D eigenvalue weighted by Crippen LogP contribution is -2.19. The van der Waals surface area contributed by atoms with Gasteiger partial charge < -0.3 is 14.8 Å². The van der Waals surface area contributed by atoms with Crippen LogP contribution < -0.4 is 10.1 Å². The first kappa shape index (κ1) is 11.1. The van der Waals surface area contributed by atoms with E-state index in [1.54, 1.807) is 0 Å². The molecule has 1 atom stereocenters. The molecule has 0 bridgehead atoms. The Bertz CT molecular complexity index is 356. The van der Waals surface area contributed by atoms with Crippen LogP contribution in [0.3, 0.4) is 0 Å². The molecule has 0 unspecified atom stereocenters. The fourth-order valence-electron chi connectivity index (χ4n) is 1.59. The van der Waals surface area contributed by atoms with E-state index in [1.165, 1.54) is 7.11 Å². The molecule has 1 N–H and O–H groups in total. The number of methoxy groups -OCH3 is 1. The maximum atomic E-state index is 13.0. The summed E-state index contributed by atoms with van der Waals surface area (Å²) in [4.78, 5) is 7.69. The summed E-state index contributed by atoms with van der Waals surface area (Å²) < 4.78 is 23.2. The van der Waals surface area contributed by atoms with E-state index in [2.05, 4.69) is 15.3 Å². The Labute approximate surface area is 93.0 Å². The number of anilines is 1. The molecule has 5 nitrogen and oxygen atoms in total. The maximum Gasteiger partial charge on any atom is 0.255 e. The van der Waals surface area contributed by atoms with E-state index in [-0.39, 0.29) is 12.0 Å². The molecule has 0 spiro atoms. The Morgan fingerprint density at radius 1 is 1.69 bits per heavy atom. The fraction of sp³-hybridized carbons (Fsp3) is 0.600. The zero-order chi connectivity index (χ0) is 11.4. The highest BCUT2D eigenvalue weighted by Crippen LogP contribution is 2.15. The lowest BCUT2D eigenvalue weighted by Gasteiger charge is -2.10. The van der Waals surface area contributed by atoms with Gasteiger partial charge in [0.2, 0.25) is 11.8 Å². The molecule has 1 aliphatic rings. The van der Waals surface area contributed by atoms with Gasteiger partial charge in [-0.2, -0.15) is 9.37 Å². The highest BCUT2D eigenvalue weighted by atomic mass is 19.1. The predicted molar refractivity (Wildman–Crippen MR) is 56.0 cm³/mol. The molecule has 1 aromatic heterocycles. The topological polar surface area (TPSA) is 56.3 Å². The third-order valence-electron chi connectivity index (χ3n) is 2.42. The summed E-state index contributed by atoms with van der Waals surface area (Å²) in [6.07, 6.45) is 3.40. The van der Waals surface area contributed by atoms with Crippen LogP contribution in [0.5, 0.6) is 5.88 Å². The van der Waals surface area contributed by atoms with E-state index in [0.717, 1.165) is 25.6 Å². The minimum absolute atomic E-state index is 0.0511. The third kappa shape index (κ3) is 2.57. The zero-order valence-electron chi connectivity index (χ0n) is 9.07. The number of hydrogen-bond acceptors (Lipinski definition) is 5. The minimum Gasteiger partial charge on any atom is -0.479 e. The van der Waals surface area contributed by atoms with Gasteiger partial charge in [-0.15, -0.1) is 0 Å². The van der Waals surface area contributed by atoms with Crippen LogP contribution in [0.1, 0.15) is 12.8 Å². The Morgan fingerprint density at radius 2 is 2.56 bits per heavy atom. The lowest BCUT2D eigenvalue weighted by atomic mass is 10.2. The molecule has 2 heterocycles. The van der Waals surface area contributed by atoms with Crippen molar-refractivity contribution in [3.05, 3.63) is 12.0 Å². The molecule has 1 fully saturated rings. The van der Waals surface area contributed by atoms with Crippen molar-refractivity contribution in [3.63, 3.8) is 0 Å². The summed E-state index contributed by atoms with van der Waals surface area (Å²) in [6, 6.07) is 0. The summed E-state index contributed by atoms with van der Waals surface area (Å²) in [6.45, 7) is 1.44. The molecule has 1 aliphatic heterocycles. The number of halogens is 1. The van der Waals surface area contributed by atoms with Gasteiger partial charge in [0, 0.05) is 13.2 Å². The van der Waals surface area contributed by atoms with Crippen LogP contribution in [0.2, 0.25) is 0 Å². The number of rotatable bonds is 4. The molecule has 1 aromatic rings.